The SMILES string of the molecule is COC(=O)CN1C(=S)N(C)C(=O)C1=Cc1ccc2c(c1)OCO2. The van der Waals surface area contributed by atoms with E-state index >= 15 is 0 Å². The van der Waals surface area contributed by atoms with Crippen LogP contribution in [-0.2, 0) is 14.3 Å². The van der Waals surface area contributed by atoms with Crippen LogP contribution < -0.4 is 9.47 Å². The highest BCUT2D eigenvalue weighted by Gasteiger charge is 2.36. The van der Waals surface area contributed by atoms with E-state index in [0.717, 1.165) is 5.56 Å². The van der Waals surface area contributed by atoms with E-state index in [1.165, 1.54) is 16.9 Å². The van der Waals surface area contributed by atoms with E-state index in [1.807, 2.05) is 0 Å². The van der Waals surface area contributed by atoms with Crippen molar-refractivity contribution in [3.8, 4) is 11.5 Å². The van der Waals surface area contributed by atoms with Crippen LogP contribution in [0.2, 0.25) is 0 Å². The van der Waals surface area contributed by atoms with Crippen molar-refractivity contribution in [3.63, 3.8) is 0 Å². The molecule has 2 aliphatic heterocycles. The molecule has 0 saturated carbocycles. The van der Waals surface area contributed by atoms with Gasteiger partial charge in [0, 0.05) is 7.05 Å². The summed E-state index contributed by atoms with van der Waals surface area (Å²) in [6, 6.07) is 5.33. The Morgan fingerprint density at radius 1 is 1.39 bits per heavy atom. The van der Waals surface area contributed by atoms with E-state index < -0.39 is 5.97 Å². The van der Waals surface area contributed by atoms with E-state index in [9.17, 15) is 9.59 Å². The van der Waals surface area contributed by atoms with Crippen molar-refractivity contribution in [1.82, 2.24) is 9.80 Å². The number of carbonyl (C=O) groups is 2. The van der Waals surface area contributed by atoms with Gasteiger partial charge in [-0.05, 0) is 36.0 Å². The molecule has 0 N–H and O–H groups in total. The van der Waals surface area contributed by atoms with Crippen LogP contribution in [0.4, 0.5) is 0 Å². The first-order chi connectivity index (χ1) is 11.0. The molecule has 0 aromatic heterocycles. The first-order valence-electron chi connectivity index (χ1n) is 6.79. The minimum absolute atomic E-state index is 0.123. The summed E-state index contributed by atoms with van der Waals surface area (Å²) in [6.45, 7) is 0.0530. The van der Waals surface area contributed by atoms with Crippen LogP contribution in [0.25, 0.3) is 6.08 Å². The number of carbonyl (C=O) groups excluding carboxylic acids is 2. The Hall–Kier alpha value is -2.61. The largest absolute Gasteiger partial charge is 0.468 e. The number of thiocarbonyl (C=S) groups is 1. The molecule has 1 amide bonds. The maximum absolute atomic E-state index is 12.4. The van der Waals surface area contributed by atoms with Gasteiger partial charge in [0.1, 0.15) is 12.2 Å². The maximum atomic E-state index is 12.4. The van der Waals surface area contributed by atoms with Gasteiger partial charge in [-0.1, -0.05) is 6.07 Å². The zero-order valence-corrected chi connectivity index (χ0v) is 13.4. The highest BCUT2D eigenvalue weighted by molar-refractivity contribution is 7.80. The number of ether oxygens (including phenoxy) is 3. The van der Waals surface area contributed by atoms with Crippen molar-refractivity contribution in [3.05, 3.63) is 29.5 Å². The zero-order chi connectivity index (χ0) is 16.6. The van der Waals surface area contributed by atoms with Crippen molar-refractivity contribution < 1.29 is 23.8 Å². The maximum Gasteiger partial charge on any atom is 0.325 e. The number of hydrogen-bond acceptors (Lipinski definition) is 6. The highest BCUT2D eigenvalue weighted by atomic mass is 32.1. The average molecular weight is 334 g/mol. The fourth-order valence-corrected chi connectivity index (χ4v) is 2.55. The molecule has 0 unspecified atom stereocenters. The molecule has 2 heterocycles. The quantitative estimate of drug-likeness (QED) is 0.464. The first-order valence-corrected chi connectivity index (χ1v) is 7.20. The number of likely N-dealkylation sites (N-methyl/N-ethyl adjacent to an activating group) is 1. The van der Waals surface area contributed by atoms with Gasteiger partial charge in [0.2, 0.25) is 6.79 Å². The lowest BCUT2D eigenvalue weighted by atomic mass is 10.1. The van der Waals surface area contributed by atoms with Gasteiger partial charge in [-0.15, -0.1) is 0 Å². The zero-order valence-electron chi connectivity index (χ0n) is 12.6. The second-order valence-electron chi connectivity index (χ2n) is 4.95. The van der Waals surface area contributed by atoms with Crippen LogP contribution >= 0.6 is 12.2 Å². The molecule has 7 nitrogen and oxygen atoms in total. The van der Waals surface area contributed by atoms with E-state index in [1.54, 1.807) is 31.3 Å². The van der Waals surface area contributed by atoms with Crippen LogP contribution in [0.1, 0.15) is 5.56 Å². The molecule has 0 aliphatic carbocycles. The first kappa shape index (κ1) is 15.3. The van der Waals surface area contributed by atoms with Crippen LogP contribution in [0.15, 0.2) is 23.9 Å². The summed E-state index contributed by atoms with van der Waals surface area (Å²) in [5, 5.41) is 0.257. The van der Waals surface area contributed by atoms with E-state index in [0.29, 0.717) is 17.2 Å². The summed E-state index contributed by atoms with van der Waals surface area (Å²) in [5.74, 6) is 0.507. The van der Waals surface area contributed by atoms with Crippen LogP contribution in [-0.4, -0.2) is 54.3 Å². The Kier molecular flexibility index (Phi) is 3.91. The molecule has 23 heavy (non-hydrogen) atoms. The molecule has 2 aliphatic rings. The molecular formula is C15H14N2O5S. The molecule has 3 rings (SSSR count). The van der Waals surface area contributed by atoms with Gasteiger partial charge in [-0.2, -0.15) is 0 Å². The fraction of sp³-hybridized carbons (Fsp3) is 0.267. The number of amides is 1. The molecule has 0 bridgehead atoms. The smallest absolute Gasteiger partial charge is 0.325 e. The van der Waals surface area contributed by atoms with Gasteiger partial charge in [0.15, 0.2) is 16.6 Å². The molecule has 8 heteroatoms. The molecular weight excluding hydrogens is 320 g/mol. The number of hydrogen-bond donors (Lipinski definition) is 0. The standard InChI is InChI=1S/C15H14N2O5S/c1-16-14(19)10(17(15(16)23)7-13(18)20-2)5-9-3-4-11-12(6-9)22-8-21-11/h3-6H,7-8H2,1-2H3. The summed E-state index contributed by atoms with van der Waals surface area (Å²) >= 11 is 5.22. The van der Waals surface area contributed by atoms with Gasteiger partial charge in [0.25, 0.3) is 5.91 Å². The number of esters is 1. The number of fused-ring (bicyclic) bond motifs is 1. The predicted octanol–water partition coefficient (Wildman–Crippen LogP) is 0.988. The molecule has 0 atom stereocenters. The van der Waals surface area contributed by atoms with Crippen molar-refractivity contribution in [2.45, 2.75) is 0 Å². The lowest BCUT2D eigenvalue weighted by Crippen LogP contribution is -2.33. The Balaban J connectivity index is 1.95. The van der Waals surface area contributed by atoms with Crippen molar-refractivity contribution >= 4 is 35.3 Å². The minimum atomic E-state index is -0.480. The summed E-state index contributed by atoms with van der Waals surface area (Å²) in [6.07, 6.45) is 1.66. The summed E-state index contributed by atoms with van der Waals surface area (Å²) < 4.78 is 15.2. The van der Waals surface area contributed by atoms with Crippen molar-refractivity contribution in [1.29, 1.82) is 0 Å². The van der Waals surface area contributed by atoms with Crippen LogP contribution in [0.3, 0.4) is 0 Å². The van der Waals surface area contributed by atoms with E-state index in [4.69, 9.17) is 21.7 Å². The monoisotopic (exact) mass is 334 g/mol. The molecule has 1 saturated heterocycles. The third-order valence-corrected chi connectivity index (χ3v) is 4.04. The molecule has 1 fully saturated rings. The number of methoxy groups -OCH3 is 1. The van der Waals surface area contributed by atoms with Crippen molar-refractivity contribution in [2.75, 3.05) is 27.5 Å². The van der Waals surface area contributed by atoms with E-state index in [-0.39, 0.29) is 24.4 Å². The molecule has 120 valence electrons. The summed E-state index contributed by atoms with van der Waals surface area (Å²) in [7, 11) is 2.85. The molecule has 1 aromatic rings. The van der Waals surface area contributed by atoms with Gasteiger partial charge in [-0.25, -0.2) is 0 Å². The molecule has 0 radical (unpaired) electrons. The predicted molar refractivity (Wildman–Crippen MR) is 84.6 cm³/mol. The lowest BCUT2D eigenvalue weighted by Gasteiger charge is -2.16. The third kappa shape index (κ3) is 2.72. The lowest BCUT2D eigenvalue weighted by molar-refractivity contribution is -0.140. The summed E-state index contributed by atoms with van der Waals surface area (Å²) in [4.78, 5) is 26.7. The average Bonchev–Trinajstić information content (AvgIpc) is 3.09. The van der Waals surface area contributed by atoms with Crippen molar-refractivity contribution in [2.24, 2.45) is 0 Å². The minimum Gasteiger partial charge on any atom is -0.468 e. The fourth-order valence-electron chi connectivity index (χ4n) is 2.31. The third-order valence-electron chi connectivity index (χ3n) is 3.55. The van der Waals surface area contributed by atoms with E-state index in [2.05, 4.69) is 4.74 Å². The number of nitrogens with zero attached hydrogens (tertiary/aromatic N) is 2. The van der Waals surface area contributed by atoms with Crippen LogP contribution in [0.5, 0.6) is 11.5 Å². The Morgan fingerprint density at radius 3 is 2.87 bits per heavy atom. The number of rotatable bonds is 3. The summed E-state index contributed by atoms with van der Waals surface area (Å²) in [5.41, 5.74) is 1.05. The molecule has 0 spiro atoms. The highest BCUT2D eigenvalue weighted by Crippen LogP contribution is 2.33. The van der Waals surface area contributed by atoms with Gasteiger partial charge < -0.3 is 19.1 Å². The van der Waals surface area contributed by atoms with Crippen LogP contribution in [0, 0.1) is 0 Å². The topological polar surface area (TPSA) is 68.3 Å². The van der Waals surface area contributed by atoms with Gasteiger partial charge in [0.05, 0.1) is 7.11 Å². The molecule has 1 aromatic carbocycles. The van der Waals surface area contributed by atoms with Gasteiger partial charge in [-0.3, -0.25) is 14.5 Å². The Labute approximate surface area is 138 Å². The Morgan fingerprint density at radius 2 is 2.13 bits per heavy atom. The number of benzene rings is 1. The van der Waals surface area contributed by atoms with Gasteiger partial charge >= 0.3 is 5.97 Å². The normalized spacial score (nSPS) is 18.1. The Bertz CT molecular complexity index is 731. The second-order valence-corrected chi connectivity index (χ2v) is 5.32. The second kappa shape index (κ2) is 5.88.